The summed E-state index contributed by atoms with van der Waals surface area (Å²) in [6, 6.07) is 42.4. The molecule has 0 bridgehead atoms. The molecule has 0 nitrogen and oxygen atoms in total. The van der Waals surface area contributed by atoms with Crippen molar-refractivity contribution in [2.24, 2.45) is 0 Å². The number of hydrogen-bond acceptors (Lipinski definition) is 0. The maximum Gasteiger partial charge on any atom is 4.00 e. The first-order valence-corrected chi connectivity index (χ1v) is 10.3. The summed E-state index contributed by atoms with van der Waals surface area (Å²) in [6.45, 7) is 13.3. The van der Waals surface area contributed by atoms with E-state index in [-0.39, 0.29) is 21.7 Å². The third-order valence-corrected chi connectivity index (χ3v) is 4.43. The van der Waals surface area contributed by atoms with Crippen LogP contribution < -0.4 is 0 Å². The summed E-state index contributed by atoms with van der Waals surface area (Å²) in [5, 5.41) is 2.72. The van der Waals surface area contributed by atoms with E-state index in [1.807, 2.05) is 91.0 Å². The predicted molar refractivity (Wildman–Crippen MR) is 137 cm³/mol. The standard InChI is InChI=1S/C10H9.3C7H7.Ti/c1-8-6-7-9-4-2-3-5-10(8)9;3*1-7-5-3-2-4-6-7;/h2-7H,1H3;3*2-6H,1H2;/q4*-1;+4. The molecule has 0 aliphatic carbocycles. The molecule has 0 saturated heterocycles. The summed E-state index contributed by atoms with van der Waals surface area (Å²) in [5.41, 5.74) is 4.59. The summed E-state index contributed by atoms with van der Waals surface area (Å²) >= 11 is 0. The molecule has 0 unspecified atom stereocenters. The van der Waals surface area contributed by atoms with Crippen molar-refractivity contribution in [3.05, 3.63) is 170 Å². The Bertz CT molecular complexity index is 1010. The quantitative estimate of drug-likeness (QED) is 0.164. The van der Waals surface area contributed by atoms with E-state index in [4.69, 9.17) is 0 Å². The van der Waals surface area contributed by atoms with E-state index in [2.05, 4.69) is 64.1 Å². The van der Waals surface area contributed by atoms with Crippen LogP contribution in [-0.2, 0) is 21.7 Å². The monoisotopic (exact) mass is 450 g/mol. The van der Waals surface area contributed by atoms with Gasteiger partial charge in [-0.2, -0.15) is 86.0 Å². The Balaban J connectivity index is 0.000000214. The SMILES string of the molecule is C[c-]1ccc2ccccc21.[CH2-]c1ccccc1.[CH2-]c1ccccc1.[CH2-]c1ccccc1.[Ti+4]. The Morgan fingerprint density at radius 2 is 0.812 bits per heavy atom. The zero-order chi connectivity index (χ0) is 22.3. The molecule has 0 radical (unpaired) electrons. The second-order valence-electron chi connectivity index (χ2n) is 7.06. The number of hydrogen-bond donors (Lipinski definition) is 0. The van der Waals surface area contributed by atoms with Gasteiger partial charge in [0.05, 0.1) is 0 Å². The molecule has 0 aromatic heterocycles. The maximum atomic E-state index is 3.72. The molecule has 1 heteroatoms. The number of aryl methyl sites for hydroxylation is 1. The first-order chi connectivity index (χ1) is 15.1. The van der Waals surface area contributed by atoms with Crippen molar-refractivity contribution in [2.75, 3.05) is 0 Å². The first kappa shape index (κ1) is 26.8. The Kier molecular flexibility index (Phi) is 13.1. The van der Waals surface area contributed by atoms with Gasteiger partial charge in [-0.05, 0) is 0 Å². The molecule has 5 rings (SSSR count). The van der Waals surface area contributed by atoms with E-state index in [9.17, 15) is 0 Å². The average molecular weight is 450 g/mol. The normalized spacial score (nSPS) is 8.91. The second kappa shape index (κ2) is 15.6. The molecular weight excluding hydrogens is 420 g/mol. The van der Waals surface area contributed by atoms with E-state index >= 15 is 0 Å². The Morgan fingerprint density at radius 1 is 0.469 bits per heavy atom. The molecule has 0 atom stereocenters. The fraction of sp³-hybridized carbons (Fsp3) is 0.0323. The van der Waals surface area contributed by atoms with E-state index in [0.29, 0.717) is 0 Å². The van der Waals surface area contributed by atoms with Crippen LogP contribution in [0, 0.1) is 27.7 Å². The Morgan fingerprint density at radius 3 is 1.12 bits per heavy atom. The molecular formula is C31H30Ti. The Labute approximate surface area is 209 Å². The van der Waals surface area contributed by atoms with Gasteiger partial charge < -0.3 is 0 Å². The number of fused-ring (bicyclic) bond motifs is 1. The van der Waals surface area contributed by atoms with Crippen molar-refractivity contribution in [2.45, 2.75) is 6.92 Å². The largest absolute Gasteiger partial charge is 4.00 e. The van der Waals surface area contributed by atoms with Crippen molar-refractivity contribution in [3.8, 4) is 0 Å². The first-order valence-electron chi connectivity index (χ1n) is 10.3. The summed E-state index contributed by atoms with van der Waals surface area (Å²) in [5.74, 6) is 0. The molecule has 0 heterocycles. The van der Waals surface area contributed by atoms with E-state index in [0.717, 1.165) is 16.7 Å². The molecule has 0 fully saturated rings. The second-order valence-corrected chi connectivity index (χ2v) is 7.06. The van der Waals surface area contributed by atoms with Gasteiger partial charge >= 0.3 is 21.7 Å². The van der Waals surface area contributed by atoms with E-state index in [1.165, 1.54) is 16.3 Å². The van der Waals surface area contributed by atoms with Crippen LogP contribution in [0.3, 0.4) is 0 Å². The van der Waals surface area contributed by atoms with Gasteiger partial charge in [0, 0.05) is 0 Å². The average Bonchev–Trinajstić information content (AvgIpc) is 3.18. The van der Waals surface area contributed by atoms with Crippen LogP contribution in [0.1, 0.15) is 22.3 Å². The van der Waals surface area contributed by atoms with Gasteiger partial charge in [-0.15, -0.1) is 70.9 Å². The van der Waals surface area contributed by atoms with Crippen LogP contribution in [0.25, 0.3) is 10.8 Å². The molecule has 0 saturated carbocycles. The molecule has 0 aliphatic heterocycles. The molecule has 158 valence electrons. The molecule has 5 aromatic carbocycles. The smallest absolute Gasteiger partial charge is 0.199 e. The van der Waals surface area contributed by atoms with Crippen LogP contribution >= 0.6 is 0 Å². The zero-order valence-electron chi connectivity index (χ0n) is 18.7. The van der Waals surface area contributed by atoms with Crippen LogP contribution in [-0.4, -0.2) is 0 Å². The zero-order valence-corrected chi connectivity index (χ0v) is 20.3. The summed E-state index contributed by atoms with van der Waals surface area (Å²) in [4.78, 5) is 0. The van der Waals surface area contributed by atoms with Gasteiger partial charge in [-0.1, -0.05) is 31.2 Å². The summed E-state index contributed by atoms with van der Waals surface area (Å²) < 4.78 is 0. The van der Waals surface area contributed by atoms with Crippen molar-refractivity contribution < 1.29 is 21.7 Å². The van der Waals surface area contributed by atoms with Gasteiger partial charge in [0.1, 0.15) is 0 Å². The van der Waals surface area contributed by atoms with Crippen molar-refractivity contribution >= 4 is 10.8 Å². The van der Waals surface area contributed by atoms with Crippen molar-refractivity contribution in [3.63, 3.8) is 0 Å². The molecule has 0 aliphatic rings. The Hall–Kier alpha value is -3.19. The fourth-order valence-corrected chi connectivity index (χ4v) is 2.74. The van der Waals surface area contributed by atoms with Gasteiger partial charge in [-0.3, -0.25) is 0 Å². The van der Waals surface area contributed by atoms with Gasteiger partial charge in [0.25, 0.3) is 0 Å². The van der Waals surface area contributed by atoms with E-state index in [1.54, 1.807) is 0 Å². The summed E-state index contributed by atoms with van der Waals surface area (Å²) in [7, 11) is 0. The van der Waals surface area contributed by atoms with Crippen molar-refractivity contribution in [1.29, 1.82) is 0 Å². The third kappa shape index (κ3) is 10.7. The van der Waals surface area contributed by atoms with Crippen LogP contribution in [0.5, 0.6) is 0 Å². The van der Waals surface area contributed by atoms with E-state index < -0.39 is 0 Å². The van der Waals surface area contributed by atoms with Gasteiger partial charge in [0.15, 0.2) is 0 Å². The fourth-order valence-electron chi connectivity index (χ4n) is 2.74. The molecule has 32 heavy (non-hydrogen) atoms. The topological polar surface area (TPSA) is 0 Å². The molecule has 5 aromatic rings. The van der Waals surface area contributed by atoms with Crippen LogP contribution in [0.2, 0.25) is 0 Å². The van der Waals surface area contributed by atoms with Gasteiger partial charge in [0.2, 0.25) is 0 Å². The van der Waals surface area contributed by atoms with Crippen LogP contribution in [0.15, 0.2) is 127 Å². The summed E-state index contributed by atoms with van der Waals surface area (Å²) in [6.07, 6.45) is 0. The predicted octanol–water partition coefficient (Wildman–Crippen LogP) is 8.47. The number of benzene rings is 4. The van der Waals surface area contributed by atoms with Crippen LogP contribution in [0.4, 0.5) is 0 Å². The molecule has 0 spiro atoms. The molecule has 0 amide bonds. The molecule has 0 N–H and O–H groups in total. The minimum atomic E-state index is 0. The van der Waals surface area contributed by atoms with Crippen molar-refractivity contribution in [1.82, 2.24) is 0 Å². The maximum absolute atomic E-state index is 3.72. The third-order valence-electron chi connectivity index (χ3n) is 4.43. The van der Waals surface area contributed by atoms with Gasteiger partial charge in [-0.25, -0.2) is 0 Å². The number of rotatable bonds is 0. The minimum absolute atomic E-state index is 0. The minimum Gasteiger partial charge on any atom is -0.199 e.